The number of carbonyl (C=O) groups excluding carboxylic acids is 1. The van der Waals surface area contributed by atoms with E-state index in [0.717, 1.165) is 25.1 Å². The number of carbonyl (C=O) groups is 1. The summed E-state index contributed by atoms with van der Waals surface area (Å²) in [6, 6.07) is 8.32. The monoisotopic (exact) mass is 340 g/mol. The smallest absolute Gasteiger partial charge is 0.227 e. The van der Waals surface area contributed by atoms with Crippen molar-refractivity contribution in [2.75, 3.05) is 5.32 Å². The molecule has 1 atom stereocenters. The summed E-state index contributed by atoms with van der Waals surface area (Å²) in [5.41, 5.74) is 3.26. The first-order valence-corrected chi connectivity index (χ1v) is 9.01. The maximum atomic E-state index is 11.8. The fourth-order valence-corrected chi connectivity index (χ4v) is 2.65. The molecule has 0 radical (unpaired) electrons. The van der Waals surface area contributed by atoms with Gasteiger partial charge in [-0.3, -0.25) is 9.48 Å². The van der Waals surface area contributed by atoms with E-state index in [2.05, 4.69) is 61.8 Å². The minimum absolute atomic E-state index is 0.00456. The van der Waals surface area contributed by atoms with Crippen molar-refractivity contribution in [1.82, 2.24) is 15.1 Å². The first-order valence-electron chi connectivity index (χ1n) is 9.01. The predicted octanol–water partition coefficient (Wildman–Crippen LogP) is 3.84. The van der Waals surface area contributed by atoms with Gasteiger partial charge in [0.15, 0.2) is 0 Å². The summed E-state index contributed by atoms with van der Waals surface area (Å²) in [4.78, 5) is 11.8. The van der Waals surface area contributed by atoms with Crippen LogP contribution in [0.15, 0.2) is 36.7 Å². The molecule has 0 saturated heterocycles. The molecule has 5 heteroatoms. The third-order valence-corrected chi connectivity index (χ3v) is 4.56. The lowest BCUT2D eigenvalue weighted by atomic mass is 10.1. The Bertz CT molecular complexity index is 723. The minimum Gasteiger partial charge on any atom is -0.326 e. The molecule has 1 amide bonds. The molecule has 0 unspecified atom stereocenters. The third-order valence-electron chi connectivity index (χ3n) is 4.56. The van der Waals surface area contributed by atoms with Crippen molar-refractivity contribution in [1.29, 1.82) is 0 Å². The first kappa shape index (κ1) is 17.7. The van der Waals surface area contributed by atoms with Crippen LogP contribution in [-0.4, -0.2) is 15.7 Å². The van der Waals surface area contributed by atoms with Crippen LogP contribution < -0.4 is 10.6 Å². The van der Waals surface area contributed by atoms with Gasteiger partial charge in [0.2, 0.25) is 5.91 Å². The standard InChI is InChI=1S/C20H28N4O/c1-14(21-11-15-12-22-24(13-15)20(2,3)4)16-7-9-18(10-8-16)23-19(25)17-5-6-17/h7-10,12-14,17,21H,5-6,11H2,1-4H3,(H,23,25)/t14-/m0/s1. The van der Waals surface area contributed by atoms with E-state index in [0.29, 0.717) is 0 Å². The Morgan fingerprint density at radius 1 is 1.28 bits per heavy atom. The highest BCUT2D eigenvalue weighted by Gasteiger charge is 2.29. The van der Waals surface area contributed by atoms with E-state index in [1.54, 1.807) is 0 Å². The van der Waals surface area contributed by atoms with Gasteiger partial charge in [-0.25, -0.2) is 0 Å². The number of nitrogens with one attached hydrogen (secondary N) is 2. The molecule has 1 heterocycles. The van der Waals surface area contributed by atoms with Crippen molar-refractivity contribution in [2.45, 2.75) is 58.7 Å². The van der Waals surface area contributed by atoms with Gasteiger partial charge >= 0.3 is 0 Å². The van der Waals surface area contributed by atoms with E-state index in [-0.39, 0.29) is 23.4 Å². The van der Waals surface area contributed by atoms with Gasteiger partial charge in [0.25, 0.3) is 0 Å². The lowest BCUT2D eigenvalue weighted by Crippen LogP contribution is -2.22. The number of benzene rings is 1. The van der Waals surface area contributed by atoms with E-state index in [1.165, 1.54) is 11.1 Å². The minimum atomic E-state index is 0.00456. The molecule has 3 rings (SSSR count). The molecular weight excluding hydrogens is 312 g/mol. The van der Waals surface area contributed by atoms with Crippen molar-refractivity contribution >= 4 is 11.6 Å². The highest BCUT2D eigenvalue weighted by Crippen LogP contribution is 2.30. The molecule has 25 heavy (non-hydrogen) atoms. The maximum Gasteiger partial charge on any atom is 0.227 e. The molecule has 0 aliphatic heterocycles. The normalized spacial score (nSPS) is 15.8. The van der Waals surface area contributed by atoms with Crippen LogP contribution in [0.25, 0.3) is 0 Å². The van der Waals surface area contributed by atoms with Crippen LogP contribution in [0.1, 0.15) is 57.7 Å². The average molecular weight is 340 g/mol. The first-order chi connectivity index (χ1) is 11.8. The summed E-state index contributed by atoms with van der Waals surface area (Å²) in [6.45, 7) is 9.35. The number of anilines is 1. The van der Waals surface area contributed by atoms with E-state index in [4.69, 9.17) is 0 Å². The van der Waals surface area contributed by atoms with Gasteiger partial charge in [-0.15, -0.1) is 0 Å². The molecule has 1 aliphatic rings. The Morgan fingerprint density at radius 3 is 2.52 bits per heavy atom. The Labute approximate surface area is 149 Å². The van der Waals surface area contributed by atoms with Crippen LogP contribution in [-0.2, 0) is 16.9 Å². The molecule has 1 saturated carbocycles. The van der Waals surface area contributed by atoms with Gasteiger partial charge in [-0.2, -0.15) is 5.10 Å². The molecule has 1 aliphatic carbocycles. The van der Waals surface area contributed by atoms with Crippen molar-refractivity contribution in [2.24, 2.45) is 5.92 Å². The molecule has 5 nitrogen and oxygen atoms in total. The van der Waals surface area contributed by atoms with Crippen molar-refractivity contribution in [3.63, 3.8) is 0 Å². The molecule has 134 valence electrons. The van der Waals surface area contributed by atoms with Crippen molar-refractivity contribution in [3.05, 3.63) is 47.8 Å². The summed E-state index contributed by atoms with van der Waals surface area (Å²) in [7, 11) is 0. The zero-order valence-corrected chi connectivity index (χ0v) is 15.5. The summed E-state index contributed by atoms with van der Waals surface area (Å²) in [6.07, 6.45) is 6.06. The van der Waals surface area contributed by atoms with Crippen molar-refractivity contribution < 1.29 is 4.79 Å². The van der Waals surface area contributed by atoms with E-state index < -0.39 is 0 Å². The number of nitrogens with zero attached hydrogens (tertiary/aromatic N) is 2. The van der Waals surface area contributed by atoms with Gasteiger partial charge in [0.05, 0.1) is 11.7 Å². The van der Waals surface area contributed by atoms with Gasteiger partial charge in [0, 0.05) is 36.0 Å². The molecule has 0 spiro atoms. The number of aromatic nitrogens is 2. The second-order valence-electron chi connectivity index (χ2n) is 7.95. The number of rotatable bonds is 6. The maximum absolute atomic E-state index is 11.8. The third kappa shape index (κ3) is 4.69. The molecule has 1 fully saturated rings. The Kier molecular flexibility index (Phi) is 4.95. The summed E-state index contributed by atoms with van der Waals surface area (Å²) >= 11 is 0. The lowest BCUT2D eigenvalue weighted by Gasteiger charge is -2.19. The topological polar surface area (TPSA) is 59.0 Å². The Morgan fingerprint density at radius 2 is 1.96 bits per heavy atom. The van der Waals surface area contributed by atoms with E-state index in [1.807, 2.05) is 23.0 Å². The fourth-order valence-electron chi connectivity index (χ4n) is 2.65. The van der Waals surface area contributed by atoms with Crippen LogP contribution in [0.2, 0.25) is 0 Å². The van der Waals surface area contributed by atoms with Crippen LogP contribution in [0.4, 0.5) is 5.69 Å². The van der Waals surface area contributed by atoms with Crippen LogP contribution in [0.3, 0.4) is 0 Å². The zero-order valence-electron chi connectivity index (χ0n) is 15.5. The van der Waals surface area contributed by atoms with Crippen molar-refractivity contribution in [3.8, 4) is 0 Å². The number of hydrogen-bond donors (Lipinski definition) is 2. The Balaban J connectivity index is 1.53. The second-order valence-corrected chi connectivity index (χ2v) is 7.95. The van der Waals surface area contributed by atoms with E-state index >= 15 is 0 Å². The van der Waals surface area contributed by atoms with Gasteiger partial charge < -0.3 is 10.6 Å². The molecular formula is C20H28N4O. The highest BCUT2D eigenvalue weighted by atomic mass is 16.2. The predicted molar refractivity (Wildman–Crippen MR) is 100 cm³/mol. The van der Waals surface area contributed by atoms with Gasteiger partial charge in [0.1, 0.15) is 0 Å². The SMILES string of the molecule is C[C@H](NCc1cnn(C(C)(C)C)c1)c1ccc(NC(=O)C2CC2)cc1. The summed E-state index contributed by atoms with van der Waals surface area (Å²) in [5, 5.41) is 10.9. The summed E-state index contributed by atoms with van der Waals surface area (Å²) < 4.78 is 1.99. The van der Waals surface area contributed by atoms with Crippen LogP contribution in [0.5, 0.6) is 0 Å². The summed E-state index contributed by atoms with van der Waals surface area (Å²) in [5.74, 6) is 0.379. The van der Waals surface area contributed by atoms with Crippen LogP contribution in [0, 0.1) is 5.92 Å². The lowest BCUT2D eigenvalue weighted by molar-refractivity contribution is -0.117. The number of hydrogen-bond acceptors (Lipinski definition) is 3. The quantitative estimate of drug-likeness (QED) is 0.840. The largest absolute Gasteiger partial charge is 0.326 e. The molecule has 2 N–H and O–H groups in total. The second kappa shape index (κ2) is 7.00. The number of amides is 1. The fraction of sp³-hybridized carbons (Fsp3) is 0.500. The van der Waals surface area contributed by atoms with Gasteiger partial charge in [-0.05, 0) is 58.2 Å². The van der Waals surface area contributed by atoms with Crippen LogP contribution >= 0.6 is 0 Å². The molecule has 0 bridgehead atoms. The molecule has 1 aromatic carbocycles. The zero-order chi connectivity index (χ0) is 18.0. The Hall–Kier alpha value is -2.14. The average Bonchev–Trinajstić information content (AvgIpc) is 3.30. The molecule has 1 aromatic heterocycles. The van der Waals surface area contributed by atoms with Gasteiger partial charge in [-0.1, -0.05) is 12.1 Å². The highest BCUT2D eigenvalue weighted by molar-refractivity contribution is 5.93. The molecule has 2 aromatic rings. The van der Waals surface area contributed by atoms with E-state index in [9.17, 15) is 4.79 Å².